The van der Waals surface area contributed by atoms with Gasteiger partial charge in [0.15, 0.2) is 0 Å². The fourth-order valence-corrected chi connectivity index (χ4v) is 3.65. The van der Waals surface area contributed by atoms with E-state index >= 15 is 0 Å². The van der Waals surface area contributed by atoms with E-state index in [0.717, 1.165) is 43.4 Å². The van der Waals surface area contributed by atoms with Crippen molar-refractivity contribution in [2.45, 2.75) is 58.4 Å². The van der Waals surface area contributed by atoms with Crippen molar-refractivity contribution in [3.63, 3.8) is 0 Å². The van der Waals surface area contributed by atoms with E-state index in [-0.39, 0.29) is 11.9 Å². The summed E-state index contributed by atoms with van der Waals surface area (Å²) >= 11 is 0. The number of nitrogens with zero attached hydrogens (tertiary/aromatic N) is 2. The van der Waals surface area contributed by atoms with Crippen LogP contribution in [0.25, 0.3) is 0 Å². The fraction of sp³-hybridized carbons (Fsp3) is 0.550. The predicted molar refractivity (Wildman–Crippen MR) is 98.0 cm³/mol. The molecule has 6 heteroatoms. The molecular weight excluding hydrogens is 330 g/mol. The van der Waals surface area contributed by atoms with Crippen molar-refractivity contribution in [3.8, 4) is 5.75 Å². The maximum atomic E-state index is 11.2. The van der Waals surface area contributed by atoms with E-state index in [2.05, 4.69) is 21.6 Å². The highest BCUT2D eigenvalue weighted by Gasteiger charge is 2.26. The number of hydrogen-bond donors (Lipinski definition) is 1. The van der Waals surface area contributed by atoms with E-state index in [1.807, 2.05) is 25.1 Å². The van der Waals surface area contributed by atoms with Crippen LogP contribution >= 0.6 is 0 Å². The Labute approximate surface area is 154 Å². The van der Waals surface area contributed by atoms with Gasteiger partial charge in [-0.3, -0.25) is 4.79 Å². The molecule has 1 N–H and O–H groups in total. The second-order valence-corrected chi connectivity index (χ2v) is 6.91. The van der Waals surface area contributed by atoms with Gasteiger partial charge in [-0.1, -0.05) is 18.2 Å². The number of rotatable bonds is 8. The Morgan fingerprint density at radius 3 is 2.85 bits per heavy atom. The largest absolute Gasteiger partial charge is 0.494 e. The molecule has 6 nitrogen and oxygen atoms in total. The molecule has 3 rings (SSSR count). The van der Waals surface area contributed by atoms with E-state index < -0.39 is 0 Å². The van der Waals surface area contributed by atoms with Crippen molar-refractivity contribution in [1.82, 2.24) is 15.5 Å². The lowest BCUT2D eigenvalue weighted by atomic mass is 10.0. The van der Waals surface area contributed by atoms with Crippen molar-refractivity contribution in [2.75, 3.05) is 6.61 Å². The lowest BCUT2D eigenvalue weighted by Gasteiger charge is -2.10. The molecule has 140 valence electrons. The van der Waals surface area contributed by atoms with Crippen molar-refractivity contribution >= 4 is 5.91 Å². The van der Waals surface area contributed by atoms with Gasteiger partial charge in [0.25, 0.3) is 0 Å². The molecule has 2 aromatic rings. The molecule has 1 saturated carbocycles. The Kier molecular flexibility index (Phi) is 6.26. The summed E-state index contributed by atoms with van der Waals surface area (Å²) in [6, 6.07) is 8.35. The van der Waals surface area contributed by atoms with Gasteiger partial charge >= 0.3 is 0 Å². The molecule has 1 heterocycles. The molecule has 2 atom stereocenters. The summed E-state index contributed by atoms with van der Waals surface area (Å²) in [5.41, 5.74) is 1.16. The van der Waals surface area contributed by atoms with E-state index in [9.17, 15) is 4.79 Å². The number of aromatic nitrogens is 2. The zero-order valence-corrected chi connectivity index (χ0v) is 15.5. The number of amides is 1. The molecule has 0 saturated heterocycles. The molecule has 1 aromatic carbocycles. The average molecular weight is 357 g/mol. The minimum atomic E-state index is 0.0445. The number of nitrogens with one attached hydrogen (secondary N) is 1. The number of aryl methyl sites for hydroxylation is 2. The average Bonchev–Trinajstić information content (AvgIpc) is 3.24. The molecule has 0 aliphatic heterocycles. The topological polar surface area (TPSA) is 77.3 Å². The first-order valence-electron chi connectivity index (χ1n) is 9.43. The molecule has 0 unspecified atom stereocenters. The molecule has 1 aliphatic carbocycles. The summed E-state index contributed by atoms with van der Waals surface area (Å²) in [5, 5.41) is 11.4. The lowest BCUT2D eigenvalue weighted by molar-refractivity contribution is -0.119. The first-order valence-corrected chi connectivity index (χ1v) is 9.43. The molecule has 1 aromatic heterocycles. The molecule has 0 bridgehead atoms. The van der Waals surface area contributed by atoms with Crippen molar-refractivity contribution in [3.05, 3.63) is 41.6 Å². The number of ether oxygens (including phenoxy) is 1. The van der Waals surface area contributed by atoms with Crippen LogP contribution in [0.15, 0.2) is 28.7 Å². The van der Waals surface area contributed by atoms with Gasteiger partial charge in [-0.15, -0.1) is 10.2 Å². The predicted octanol–water partition coefficient (Wildman–Crippen LogP) is 3.10. The zero-order chi connectivity index (χ0) is 18.4. The van der Waals surface area contributed by atoms with Crippen LogP contribution in [-0.4, -0.2) is 28.8 Å². The fourth-order valence-electron chi connectivity index (χ4n) is 3.65. The highest BCUT2D eigenvalue weighted by molar-refractivity contribution is 5.73. The van der Waals surface area contributed by atoms with Crippen LogP contribution in [0.2, 0.25) is 0 Å². The van der Waals surface area contributed by atoms with E-state index in [1.54, 1.807) is 6.92 Å². The SMILES string of the molecule is CCOc1ccccc1CCc1nnc(C[C@@H]2CC[C@H](NC(C)=O)C2)o1. The molecule has 0 radical (unpaired) electrons. The number of carbonyl (C=O) groups excluding carboxylic acids is 1. The third kappa shape index (κ3) is 5.07. The number of carbonyl (C=O) groups is 1. The van der Waals surface area contributed by atoms with Crippen LogP contribution in [0, 0.1) is 5.92 Å². The van der Waals surface area contributed by atoms with Crippen LogP contribution in [0.1, 0.15) is 50.5 Å². The van der Waals surface area contributed by atoms with Gasteiger partial charge in [-0.25, -0.2) is 0 Å². The Hall–Kier alpha value is -2.37. The first kappa shape index (κ1) is 18.4. The maximum absolute atomic E-state index is 11.2. The minimum absolute atomic E-state index is 0.0445. The van der Waals surface area contributed by atoms with Crippen LogP contribution in [-0.2, 0) is 24.1 Å². The lowest BCUT2D eigenvalue weighted by Crippen LogP contribution is -2.30. The number of para-hydroxylation sites is 1. The smallest absolute Gasteiger partial charge is 0.217 e. The summed E-state index contributed by atoms with van der Waals surface area (Å²) in [4.78, 5) is 11.2. The molecule has 1 fully saturated rings. The molecule has 1 amide bonds. The Morgan fingerprint density at radius 2 is 2.04 bits per heavy atom. The van der Waals surface area contributed by atoms with Crippen LogP contribution in [0.4, 0.5) is 0 Å². The van der Waals surface area contributed by atoms with Crippen molar-refractivity contribution < 1.29 is 13.9 Å². The third-order valence-corrected chi connectivity index (χ3v) is 4.80. The van der Waals surface area contributed by atoms with Gasteiger partial charge in [0.2, 0.25) is 17.7 Å². The van der Waals surface area contributed by atoms with Crippen LogP contribution in [0.3, 0.4) is 0 Å². The third-order valence-electron chi connectivity index (χ3n) is 4.80. The quantitative estimate of drug-likeness (QED) is 0.785. The van der Waals surface area contributed by atoms with E-state index in [0.29, 0.717) is 30.7 Å². The summed E-state index contributed by atoms with van der Waals surface area (Å²) in [5.74, 6) is 2.83. The molecule has 1 aliphatic rings. The summed E-state index contributed by atoms with van der Waals surface area (Å²) in [7, 11) is 0. The van der Waals surface area contributed by atoms with Gasteiger partial charge < -0.3 is 14.5 Å². The highest BCUT2D eigenvalue weighted by Crippen LogP contribution is 2.28. The van der Waals surface area contributed by atoms with Gasteiger partial charge in [0.1, 0.15) is 5.75 Å². The van der Waals surface area contributed by atoms with Crippen LogP contribution < -0.4 is 10.1 Å². The van der Waals surface area contributed by atoms with Crippen molar-refractivity contribution in [2.24, 2.45) is 5.92 Å². The molecule has 0 spiro atoms. The number of benzene rings is 1. The van der Waals surface area contributed by atoms with E-state index in [4.69, 9.17) is 9.15 Å². The highest BCUT2D eigenvalue weighted by atomic mass is 16.5. The minimum Gasteiger partial charge on any atom is -0.494 e. The van der Waals surface area contributed by atoms with Gasteiger partial charge in [-0.2, -0.15) is 0 Å². The maximum Gasteiger partial charge on any atom is 0.217 e. The number of hydrogen-bond acceptors (Lipinski definition) is 5. The summed E-state index contributed by atoms with van der Waals surface area (Å²) in [6.07, 6.45) is 5.41. The monoisotopic (exact) mass is 357 g/mol. The van der Waals surface area contributed by atoms with Gasteiger partial charge in [0.05, 0.1) is 6.61 Å². The second-order valence-electron chi connectivity index (χ2n) is 6.91. The Bertz CT molecular complexity index is 729. The first-order chi connectivity index (χ1) is 12.6. The van der Waals surface area contributed by atoms with Crippen LogP contribution in [0.5, 0.6) is 5.75 Å². The Morgan fingerprint density at radius 1 is 1.23 bits per heavy atom. The zero-order valence-electron chi connectivity index (χ0n) is 15.5. The van der Waals surface area contributed by atoms with E-state index in [1.165, 1.54) is 0 Å². The normalized spacial score (nSPS) is 19.5. The Balaban J connectivity index is 1.50. The molecular formula is C20H27N3O3. The van der Waals surface area contributed by atoms with Gasteiger partial charge in [0, 0.05) is 25.8 Å². The standard InChI is InChI=1S/C20H27N3O3/c1-3-25-18-7-5-4-6-16(18)9-11-19-22-23-20(26-19)13-15-8-10-17(12-15)21-14(2)24/h4-7,15,17H,3,8-13H2,1-2H3,(H,21,24)/t15-,17+/m1/s1. The van der Waals surface area contributed by atoms with Gasteiger partial charge in [-0.05, 0) is 50.2 Å². The second kappa shape index (κ2) is 8.83. The molecule has 26 heavy (non-hydrogen) atoms. The summed E-state index contributed by atoms with van der Waals surface area (Å²) in [6.45, 7) is 4.21. The van der Waals surface area contributed by atoms with Crippen molar-refractivity contribution in [1.29, 1.82) is 0 Å². The summed E-state index contributed by atoms with van der Waals surface area (Å²) < 4.78 is 11.5.